The van der Waals surface area contributed by atoms with Crippen LogP contribution in [0, 0.1) is 0 Å². The smallest absolute Gasteiger partial charge is 0.260 e. The minimum atomic E-state index is -0.342. The highest BCUT2D eigenvalue weighted by molar-refractivity contribution is 5.95. The third kappa shape index (κ3) is 6.55. The quantitative estimate of drug-likeness (QED) is 0.653. The van der Waals surface area contributed by atoms with Crippen molar-refractivity contribution in [1.29, 1.82) is 0 Å². The van der Waals surface area contributed by atoms with Crippen molar-refractivity contribution in [2.24, 2.45) is 0 Å². The Morgan fingerprint density at radius 1 is 1.10 bits per heavy atom. The second kappa shape index (κ2) is 10.6. The van der Waals surface area contributed by atoms with Crippen molar-refractivity contribution in [3.05, 3.63) is 54.1 Å². The van der Waals surface area contributed by atoms with E-state index >= 15 is 0 Å². The molecule has 2 aromatic carbocycles. The van der Waals surface area contributed by atoms with Crippen molar-refractivity contribution in [3.63, 3.8) is 0 Å². The van der Waals surface area contributed by atoms with E-state index in [1.54, 1.807) is 31.3 Å². The highest BCUT2D eigenvalue weighted by atomic mass is 16.5. The Morgan fingerprint density at radius 2 is 1.81 bits per heavy atom. The van der Waals surface area contributed by atoms with Gasteiger partial charge in [-0.3, -0.25) is 14.4 Å². The SMILES string of the molecule is CC(=O)c1cccc(OCC(=O)N(C)CC(=O)Nc2ccc(N3CCOCC3)cc2)c1. The van der Waals surface area contributed by atoms with Crippen LogP contribution in [-0.2, 0) is 14.3 Å². The highest BCUT2D eigenvalue weighted by Gasteiger charge is 2.15. The van der Waals surface area contributed by atoms with Crippen LogP contribution in [0.2, 0.25) is 0 Å². The summed E-state index contributed by atoms with van der Waals surface area (Å²) in [5, 5.41) is 2.80. The monoisotopic (exact) mass is 425 g/mol. The van der Waals surface area contributed by atoms with E-state index in [1.807, 2.05) is 24.3 Å². The van der Waals surface area contributed by atoms with Gasteiger partial charge in [0.25, 0.3) is 5.91 Å². The number of nitrogens with one attached hydrogen (secondary N) is 1. The van der Waals surface area contributed by atoms with Gasteiger partial charge in [-0.15, -0.1) is 0 Å². The molecule has 1 aliphatic rings. The lowest BCUT2D eigenvalue weighted by atomic mass is 10.1. The fraction of sp³-hybridized carbons (Fsp3) is 0.348. The highest BCUT2D eigenvalue weighted by Crippen LogP contribution is 2.19. The molecule has 0 aliphatic carbocycles. The molecular formula is C23H27N3O5. The number of Topliss-reactive ketones (excluding diaryl/α,β-unsaturated/α-hetero) is 1. The van der Waals surface area contributed by atoms with E-state index in [1.165, 1.54) is 11.8 Å². The molecule has 1 heterocycles. The Kier molecular flexibility index (Phi) is 7.61. The van der Waals surface area contributed by atoms with Crippen molar-refractivity contribution < 1.29 is 23.9 Å². The van der Waals surface area contributed by atoms with Crippen LogP contribution in [0.25, 0.3) is 0 Å². The number of ketones is 1. The van der Waals surface area contributed by atoms with Gasteiger partial charge in [-0.1, -0.05) is 12.1 Å². The lowest BCUT2D eigenvalue weighted by Crippen LogP contribution is -2.37. The molecule has 8 heteroatoms. The van der Waals surface area contributed by atoms with Crippen molar-refractivity contribution in [3.8, 4) is 5.75 Å². The number of carbonyl (C=O) groups is 3. The molecule has 0 aromatic heterocycles. The largest absolute Gasteiger partial charge is 0.484 e. The zero-order valence-electron chi connectivity index (χ0n) is 17.8. The Balaban J connectivity index is 1.45. The standard InChI is InChI=1S/C23H27N3O5/c1-17(27)18-4-3-5-21(14-18)31-16-23(29)25(2)15-22(28)24-19-6-8-20(9-7-19)26-10-12-30-13-11-26/h3-9,14H,10-13,15-16H2,1-2H3,(H,24,28). The van der Waals surface area contributed by atoms with Gasteiger partial charge in [0, 0.05) is 37.1 Å². The van der Waals surface area contributed by atoms with Gasteiger partial charge in [0.15, 0.2) is 12.4 Å². The molecule has 164 valence electrons. The van der Waals surface area contributed by atoms with E-state index in [-0.39, 0.29) is 30.7 Å². The summed E-state index contributed by atoms with van der Waals surface area (Å²) in [6.45, 7) is 4.27. The number of likely N-dealkylation sites (N-methyl/N-ethyl adjacent to an activating group) is 1. The van der Waals surface area contributed by atoms with Gasteiger partial charge >= 0.3 is 0 Å². The predicted molar refractivity (Wildman–Crippen MR) is 118 cm³/mol. The Labute approximate surface area is 181 Å². The second-order valence-electron chi connectivity index (χ2n) is 7.32. The molecule has 0 radical (unpaired) electrons. The van der Waals surface area contributed by atoms with Crippen molar-refractivity contribution >= 4 is 29.0 Å². The maximum absolute atomic E-state index is 12.3. The molecule has 0 saturated carbocycles. The Morgan fingerprint density at radius 3 is 2.48 bits per heavy atom. The van der Waals surface area contributed by atoms with Gasteiger partial charge < -0.3 is 24.6 Å². The molecule has 0 unspecified atom stereocenters. The van der Waals surface area contributed by atoms with Crippen LogP contribution in [0.1, 0.15) is 17.3 Å². The third-order valence-corrected chi connectivity index (χ3v) is 4.94. The Hall–Kier alpha value is -3.39. The molecule has 1 saturated heterocycles. The number of hydrogen-bond donors (Lipinski definition) is 1. The average Bonchev–Trinajstić information content (AvgIpc) is 2.78. The van der Waals surface area contributed by atoms with Gasteiger partial charge in [0.1, 0.15) is 5.75 Å². The minimum Gasteiger partial charge on any atom is -0.484 e. The van der Waals surface area contributed by atoms with Gasteiger partial charge in [-0.05, 0) is 43.3 Å². The zero-order chi connectivity index (χ0) is 22.2. The number of nitrogens with zero attached hydrogens (tertiary/aromatic N) is 2. The van der Waals surface area contributed by atoms with E-state index in [2.05, 4.69) is 10.2 Å². The molecule has 2 amide bonds. The first-order chi connectivity index (χ1) is 14.9. The maximum atomic E-state index is 12.3. The fourth-order valence-electron chi connectivity index (χ4n) is 3.14. The summed E-state index contributed by atoms with van der Waals surface area (Å²) in [4.78, 5) is 39.5. The summed E-state index contributed by atoms with van der Waals surface area (Å²) < 4.78 is 10.8. The summed E-state index contributed by atoms with van der Waals surface area (Å²) in [5.41, 5.74) is 2.26. The van der Waals surface area contributed by atoms with E-state index in [9.17, 15) is 14.4 Å². The van der Waals surface area contributed by atoms with E-state index in [4.69, 9.17) is 9.47 Å². The number of morpholine rings is 1. The molecule has 0 spiro atoms. The summed E-state index contributed by atoms with van der Waals surface area (Å²) in [5.74, 6) is -0.289. The summed E-state index contributed by atoms with van der Waals surface area (Å²) in [6.07, 6.45) is 0. The molecule has 1 fully saturated rings. The van der Waals surface area contributed by atoms with Crippen molar-refractivity contribution in [2.75, 3.05) is 56.7 Å². The molecular weight excluding hydrogens is 398 g/mol. The number of rotatable bonds is 8. The van der Waals surface area contributed by atoms with Crippen LogP contribution < -0.4 is 15.0 Å². The second-order valence-corrected chi connectivity index (χ2v) is 7.32. The summed E-state index contributed by atoms with van der Waals surface area (Å²) >= 11 is 0. The van der Waals surface area contributed by atoms with Crippen LogP contribution in [0.4, 0.5) is 11.4 Å². The van der Waals surface area contributed by atoms with Crippen LogP contribution in [-0.4, -0.2) is 69.0 Å². The molecule has 0 atom stereocenters. The van der Waals surface area contributed by atoms with E-state index in [0.717, 1.165) is 18.8 Å². The van der Waals surface area contributed by atoms with Gasteiger partial charge in [-0.25, -0.2) is 0 Å². The van der Waals surface area contributed by atoms with Crippen LogP contribution >= 0.6 is 0 Å². The van der Waals surface area contributed by atoms with E-state index in [0.29, 0.717) is 30.2 Å². The number of hydrogen-bond acceptors (Lipinski definition) is 6. The van der Waals surface area contributed by atoms with Gasteiger partial charge in [-0.2, -0.15) is 0 Å². The van der Waals surface area contributed by atoms with Gasteiger partial charge in [0.2, 0.25) is 5.91 Å². The molecule has 1 N–H and O–H groups in total. The number of carbonyl (C=O) groups excluding carboxylic acids is 3. The number of ether oxygens (including phenoxy) is 2. The average molecular weight is 425 g/mol. The molecule has 2 aromatic rings. The maximum Gasteiger partial charge on any atom is 0.260 e. The molecule has 3 rings (SSSR count). The number of amides is 2. The first kappa shape index (κ1) is 22.3. The minimum absolute atomic E-state index is 0.0801. The molecule has 0 bridgehead atoms. The molecule has 8 nitrogen and oxygen atoms in total. The van der Waals surface area contributed by atoms with Crippen molar-refractivity contribution in [1.82, 2.24) is 4.90 Å². The van der Waals surface area contributed by atoms with E-state index < -0.39 is 0 Å². The molecule has 31 heavy (non-hydrogen) atoms. The topological polar surface area (TPSA) is 88.2 Å². The fourth-order valence-corrected chi connectivity index (χ4v) is 3.14. The van der Waals surface area contributed by atoms with Crippen molar-refractivity contribution in [2.45, 2.75) is 6.92 Å². The Bertz CT molecular complexity index is 923. The normalized spacial score (nSPS) is 13.4. The van der Waals surface area contributed by atoms with Gasteiger partial charge in [0.05, 0.1) is 19.8 Å². The number of benzene rings is 2. The predicted octanol–water partition coefficient (Wildman–Crippen LogP) is 2.20. The zero-order valence-corrected chi connectivity index (χ0v) is 17.8. The van der Waals surface area contributed by atoms with Crippen LogP contribution in [0.5, 0.6) is 5.75 Å². The summed E-state index contributed by atoms with van der Waals surface area (Å²) in [7, 11) is 1.54. The molecule has 1 aliphatic heterocycles. The lowest BCUT2D eigenvalue weighted by molar-refractivity contribution is -0.135. The third-order valence-electron chi connectivity index (χ3n) is 4.94. The number of anilines is 2. The lowest BCUT2D eigenvalue weighted by Gasteiger charge is -2.28. The first-order valence-electron chi connectivity index (χ1n) is 10.1. The van der Waals surface area contributed by atoms with Crippen LogP contribution in [0.15, 0.2) is 48.5 Å². The first-order valence-corrected chi connectivity index (χ1v) is 10.1. The van der Waals surface area contributed by atoms with Crippen LogP contribution in [0.3, 0.4) is 0 Å². The summed E-state index contributed by atoms with van der Waals surface area (Å²) in [6, 6.07) is 14.2.